The zero-order valence-corrected chi connectivity index (χ0v) is 10.3. The summed E-state index contributed by atoms with van der Waals surface area (Å²) in [5.74, 6) is 0.845. The Labute approximate surface area is 102 Å². The number of hydrogen-bond acceptors (Lipinski definition) is 3. The molecule has 0 spiro atoms. The van der Waals surface area contributed by atoms with Gasteiger partial charge in [0, 0.05) is 19.3 Å². The Hall–Kier alpha value is -1.13. The molecule has 0 unspecified atom stereocenters. The minimum Gasteiger partial charge on any atom is -0.494 e. The molecule has 16 heavy (non-hydrogen) atoms. The van der Waals surface area contributed by atoms with Crippen molar-refractivity contribution < 1.29 is 9.47 Å². The van der Waals surface area contributed by atoms with Crippen LogP contribution in [0.3, 0.4) is 0 Å². The van der Waals surface area contributed by atoms with E-state index >= 15 is 0 Å². The molecule has 0 fully saturated rings. The molecule has 1 rings (SSSR count). The van der Waals surface area contributed by atoms with Gasteiger partial charge in [0.2, 0.25) is 0 Å². The maximum absolute atomic E-state index is 5.55. The third-order valence-electron chi connectivity index (χ3n) is 2.15. The Kier molecular flexibility index (Phi) is 5.82. The molecule has 0 saturated carbocycles. The standard InChI is InChI=1S/C12H17NO2S/c1-14-8-2-3-9-15-11-6-4-10(5-7-11)12(13)16/h4-7H,2-3,8-9H2,1H3,(H2,13,16). The molecule has 0 bridgehead atoms. The van der Waals surface area contributed by atoms with Crippen LogP contribution < -0.4 is 10.5 Å². The second kappa shape index (κ2) is 7.19. The number of benzene rings is 1. The van der Waals surface area contributed by atoms with Crippen LogP contribution in [-0.4, -0.2) is 25.3 Å². The lowest BCUT2D eigenvalue weighted by atomic mass is 10.2. The normalized spacial score (nSPS) is 10.1. The molecule has 0 saturated heterocycles. The lowest BCUT2D eigenvalue weighted by Gasteiger charge is -2.06. The highest BCUT2D eigenvalue weighted by Gasteiger charge is 1.97. The lowest BCUT2D eigenvalue weighted by Crippen LogP contribution is -2.08. The number of ether oxygens (including phenoxy) is 2. The zero-order valence-electron chi connectivity index (χ0n) is 9.44. The van der Waals surface area contributed by atoms with Gasteiger partial charge in [-0.25, -0.2) is 0 Å². The molecule has 88 valence electrons. The smallest absolute Gasteiger partial charge is 0.119 e. The van der Waals surface area contributed by atoms with Crippen LogP contribution in [0.5, 0.6) is 5.75 Å². The van der Waals surface area contributed by atoms with E-state index in [9.17, 15) is 0 Å². The molecule has 1 aromatic rings. The van der Waals surface area contributed by atoms with Crippen LogP contribution in [0.25, 0.3) is 0 Å². The Morgan fingerprint density at radius 2 is 1.81 bits per heavy atom. The van der Waals surface area contributed by atoms with Gasteiger partial charge in [-0.1, -0.05) is 12.2 Å². The third kappa shape index (κ3) is 4.59. The number of nitrogens with two attached hydrogens (primary N) is 1. The van der Waals surface area contributed by atoms with Crippen molar-refractivity contribution in [2.45, 2.75) is 12.8 Å². The fourth-order valence-electron chi connectivity index (χ4n) is 1.25. The van der Waals surface area contributed by atoms with Crippen molar-refractivity contribution in [2.24, 2.45) is 5.73 Å². The molecule has 1 aromatic carbocycles. The summed E-state index contributed by atoms with van der Waals surface area (Å²) >= 11 is 4.86. The van der Waals surface area contributed by atoms with E-state index in [-0.39, 0.29) is 0 Å². The fraction of sp³-hybridized carbons (Fsp3) is 0.417. The van der Waals surface area contributed by atoms with Gasteiger partial charge >= 0.3 is 0 Å². The van der Waals surface area contributed by atoms with Crippen LogP contribution in [0.4, 0.5) is 0 Å². The quantitative estimate of drug-likeness (QED) is 0.585. The summed E-state index contributed by atoms with van der Waals surface area (Å²) in [6, 6.07) is 7.50. The molecular formula is C12H17NO2S. The minimum absolute atomic E-state index is 0.409. The predicted octanol–water partition coefficient (Wildman–Crippen LogP) is 2.13. The SMILES string of the molecule is COCCCCOc1ccc(C(N)=S)cc1. The largest absolute Gasteiger partial charge is 0.494 e. The Morgan fingerprint density at radius 3 is 2.38 bits per heavy atom. The van der Waals surface area contributed by atoms with E-state index in [1.165, 1.54) is 0 Å². The third-order valence-corrected chi connectivity index (χ3v) is 2.39. The zero-order chi connectivity index (χ0) is 11.8. The Bertz CT molecular complexity index is 324. The topological polar surface area (TPSA) is 44.5 Å². The predicted molar refractivity (Wildman–Crippen MR) is 68.9 cm³/mol. The van der Waals surface area contributed by atoms with E-state index in [1.54, 1.807) is 7.11 Å². The van der Waals surface area contributed by atoms with Gasteiger partial charge in [0.15, 0.2) is 0 Å². The summed E-state index contributed by atoms with van der Waals surface area (Å²) in [7, 11) is 1.70. The van der Waals surface area contributed by atoms with Crippen LogP contribution in [0.2, 0.25) is 0 Å². The van der Waals surface area contributed by atoms with E-state index in [4.69, 9.17) is 27.4 Å². The molecule has 0 aliphatic rings. The summed E-state index contributed by atoms with van der Waals surface area (Å²) in [4.78, 5) is 0.409. The Balaban J connectivity index is 2.29. The second-order valence-corrected chi connectivity index (χ2v) is 3.88. The summed E-state index contributed by atoms with van der Waals surface area (Å²) in [6.07, 6.45) is 2.01. The summed E-state index contributed by atoms with van der Waals surface area (Å²) in [5.41, 5.74) is 6.36. The maximum atomic E-state index is 5.55. The lowest BCUT2D eigenvalue weighted by molar-refractivity contribution is 0.184. The first-order chi connectivity index (χ1) is 7.74. The maximum Gasteiger partial charge on any atom is 0.119 e. The number of unbranched alkanes of at least 4 members (excludes halogenated alkanes) is 1. The summed E-state index contributed by atoms with van der Waals surface area (Å²) in [5, 5.41) is 0. The molecular weight excluding hydrogens is 222 g/mol. The van der Waals surface area contributed by atoms with Crippen LogP contribution in [-0.2, 0) is 4.74 Å². The van der Waals surface area contributed by atoms with Gasteiger partial charge in [-0.05, 0) is 37.1 Å². The molecule has 3 nitrogen and oxygen atoms in total. The average Bonchev–Trinajstić information content (AvgIpc) is 2.29. The first-order valence-corrected chi connectivity index (χ1v) is 5.66. The van der Waals surface area contributed by atoms with Crippen molar-refractivity contribution in [3.63, 3.8) is 0 Å². The van der Waals surface area contributed by atoms with E-state index in [0.29, 0.717) is 11.6 Å². The number of rotatable bonds is 7. The highest BCUT2D eigenvalue weighted by Crippen LogP contribution is 2.12. The van der Waals surface area contributed by atoms with Crippen LogP contribution >= 0.6 is 12.2 Å². The number of hydrogen-bond donors (Lipinski definition) is 1. The van der Waals surface area contributed by atoms with Crippen molar-refractivity contribution in [2.75, 3.05) is 20.3 Å². The summed E-state index contributed by atoms with van der Waals surface area (Å²) in [6.45, 7) is 1.49. The van der Waals surface area contributed by atoms with Gasteiger partial charge in [-0.3, -0.25) is 0 Å². The monoisotopic (exact) mass is 239 g/mol. The van der Waals surface area contributed by atoms with Gasteiger partial charge in [0.05, 0.1) is 6.61 Å². The van der Waals surface area contributed by atoms with Crippen LogP contribution in [0.15, 0.2) is 24.3 Å². The first-order valence-electron chi connectivity index (χ1n) is 5.25. The highest BCUT2D eigenvalue weighted by atomic mass is 32.1. The van der Waals surface area contributed by atoms with Gasteiger partial charge in [-0.2, -0.15) is 0 Å². The molecule has 4 heteroatoms. The van der Waals surface area contributed by atoms with Crippen LogP contribution in [0.1, 0.15) is 18.4 Å². The van der Waals surface area contributed by atoms with E-state index in [1.807, 2.05) is 24.3 Å². The van der Waals surface area contributed by atoms with Gasteiger partial charge in [0.25, 0.3) is 0 Å². The molecule has 0 atom stereocenters. The molecule has 0 radical (unpaired) electrons. The second-order valence-electron chi connectivity index (χ2n) is 3.44. The molecule has 0 aliphatic carbocycles. The van der Waals surface area contributed by atoms with Crippen molar-refractivity contribution in [1.29, 1.82) is 0 Å². The van der Waals surface area contributed by atoms with Crippen molar-refractivity contribution in [3.8, 4) is 5.75 Å². The molecule has 2 N–H and O–H groups in total. The molecule has 0 aromatic heterocycles. The van der Waals surface area contributed by atoms with Crippen molar-refractivity contribution >= 4 is 17.2 Å². The molecule has 0 aliphatic heterocycles. The van der Waals surface area contributed by atoms with Gasteiger partial charge < -0.3 is 15.2 Å². The van der Waals surface area contributed by atoms with Gasteiger partial charge in [0.1, 0.15) is 10.7 Å². The molecule has 0 amide bonds. The first kappa shape index (κ1) is 12.9. The van der Waals surface area contributed by atoms with E-state index in [0.717, 1.165) is 30.8 Å². The molecule has 0 heterocycles. The van der Waals surface area contributed by atoms with Crippen molar-refractivity contribution in [1.82, 2.24) is 0 Å². The number of thiocarbonyl (C=S) groups is 1. The van der Waals surface area contributed by atoms with Crippen molar-refractivity contribution in [3.05, 3.63) is 29.8 Å². The van der Waals surface area contributed by atoms with E-state index < -0.39 is 0 Å². The fourth-order valence-corrected chi connectivity index (χ4v) is 1.39. The highest BCUT2D eigenvalue weighted by molar-refractivity contribution is 7.80. The van der Waals surface area contributed by atoms with Gasteiger partial charge in [-0.15, -0.1) is 0 Å². The Morgan fingerprint density at radius 1 is 1.19 bits per heavy atom. The minimum atomic E-state index is 0.409. The average molecular weight is 239 g/mol. The van der Waals surface area contributed by atoms with E-state index in [2.05, 4.69) is 0 Å². The number of methoxy groups -OCH3 is 1. The summed E-state index contributed by atoms with van der Waals surface area (Å²) < 4.78 is 10.5. The van der Waals surface area contributed by atoms with Crippen LogP contribution in [0, 0.1) is 0 Å².